The minimum atomic E-state index is -0.990. The molecule has 1 aromatic heterocycles. The van der Waals surface area contributed by atoms with Gasteiger partial charge in [-0.1, -0.05) is 12.1 Å². The minimum Gasteiger partial charge on any atom is -0.478 e. The summed E-state index contributed by atoms with van der Waals surface area (Å²) < 4.78 is 1.38. The molecule has 0 atom stereocenters. The summed E-state index contributed by atoms with van der Waals surface area (Å²) in [4.78, 5) is 26.4. The van der Waals surface area contributed by atoms with Gasteiger partial charge in [0, 0.05) is 13.2 Å². The summed E-state index contributed by atoms with van der Waals surface area (Å²) >= 11 is 0. The summed E-state index contributed by atoms with van der Waals surface area (Å²) in [6.45, 7) is 0. The lowest BCUT2D eigenvalue weighted by Gasteiger charge is -2.03. The van der Waals surface area contributed by atoms with Crippen molar-refractivity contribution >= 4 is 5.97 Å². The summed E-state index contributed by atoms with van der Waals surface area (Å²) in [6, 6.07) is 6.12. The van der Waals surface area contributed by atoms with Gasteiger partial charge in [-0.25, -0.2) is 9.78 Å². The second kappa shape index (κ2) is 4.21. The van der Waals surface area contributed by atoms with Crippen LogP contribution in [-0.4, -0.2) is 20.6 Å². The van der Waals surface area contributed by atoms with Gasteiger partial charge in [-0.3, -0.25) is 4.79 Å². The number of carboxylic acids is 1. The zero-order valence-electron chi connectivity index (χ0n) is 9.12. The van der Waals surface area contributed by atoms with Crippen LogP contribution in [-0.2, 0) is 7.05 Å². The number of nitrogens with zero attached hydrogens (tertiary/aromatic N) is 2. The van der Waals surface area contributed by atoms with Gasteiger partial charge < -0.3 is 9.67 Å². The third kappa shape index (κ3) is 2.08. The molecule has 0 saturated carbocycles. The third-order valence-electron chi connectivity index (χ3n) is 2.44. The highest BCUT2D eigenvalue weighted by Gasteiger charge is 2.06. The van der Waals surface area contributed by atoms with Crippen LogP contribution in [0.4, 0.5) is 0 Å². The van der Waals surface area contributed by atoms with Gasteiger partial charge in [0.25, 0.3) is 5.56 Å². The van der Waals surface area contributed by atoms with E-state index in [1.54, 1.807) is 19.2 Å². The summed E-state index contributed by atoms with van der Waals surface area (Å²) in [5.74, 6) is -0.990. The van der Waals surface area contributed by atoms with E-state index in [1.165, 1.54) is 29.2 Å². The molecule has 1 heterocycles. The van der Waals surface area contributed by atoms with Gasteiger partial charge in [0.15, 0.2) is 0 Å². The number of hydrogen-bond donors (Lipinski definition) is 1. The lowest BCUT2D eigenvalue weighted by molar-refractivity contribution is 0.0697. The fourth-order valence-corrected chi connectivity index (χ4v) is 1.50. The van der Waals surface area contributed by atoms with E-state index in [0.29, 0.717) is 11.1 Å². The van der Waals surface area contributed by atoms with Gasteiger partial charge in [-0.2, -0.15) is 0 Å². The lowest BCUT2D eigenvalue weighted by atomic mass is 10.1. The van der Waals surface area contributed by atoms with E-state index in [4.69, 9.17) is 5.11 Å². The van der Waals surface area contributed by atoms with Crippen LogP contribution in [0.2, 0.25) is 0 Å². The van der Waals surface area contributed by atoms with E-state index in [2.05, 4.69) is 4.98 Å². The van der Waals surface area contributed by atoms with E-state index in [9.17, 15) is 9.59 Å². The van der Waals surface area contributed by atoms with Crippen LogP contribution in [0.5, 0.6) is 0 Å². The molecule has 0 unspecified atom stereocenters. The van der Waals surface area contributed by atoms with E-state index in [0.717, 1.165) is 0 Å². The molecule has 86 valence electrons. The predicted octanol–water partition coefficient (Wildman–Crippen LogP) is 1.15. The van der Waals surface area contributed by atoms with Gasteiger partial charge >= 0.3 is 5.97 Å². The monoisotopic (exact) mass is 230 g/mol. The first kappa shape index (κ1) is 11.1. The van der Waals surface area contributed by atoms with Crippen LogP contribution in [0, 0.1) is 0 Å². The van der Waals surface area contributed by atoms with Gasteiger partial charge in [0.2, 0.25) is 0 Å². The molecule has 0 spiro atoms. The first-order chi connectivity index (χ1) is 8.09. The Balaban J connectivity index is 2.51. The smallest absolute Gasteiger partial charge is 0.335 e. The second-order valence-electron chi connectivity index (χ2n) is 3.61. The zero-order valence-corrected chi connectivity index (χ0v) is 9.12. The van der Waals surface area contributed by atoms with Crippen molar-refractivity contribution in [2.24, 2.45) is 7.05 Å². The molecule has 1 aromatic carbocycles. The van der Waals surface area contributed by atoms with Crippen molar-refractivity contribution in [3.63, 3.8) is 0 Å². The molecule has 5 heteroatoms. The van der Waals surface area contributed by atoms with Gasteiger partial charge in [0.1, 0.15) is 0 Å². The molecule has 17 heavy (non-hydrogen) atoms. The van der Waals surface area contributed by atoms with E-state index in [-0.39, 0.29) is 11.1 Å². The largest absolute Gasteiger partial charge is 0.478 e. The van der Waals surface area contributed by atoms with Crippen LogP contribution in [0.1, 0.15) is 10.4 Å². The molecular formula is C12H10N2O3. The van der Waals surface area contributed by atoms with Crippen molar-refractivity contribution in [3.05, 3.63) is 52.7 Å². The number of benzene rings is 1. The first-order valence-electron chi connectivity index (χ1n) is 4.94. The van der Waals surface area contributed by atoms with Gasteiger partial charge in [0.05, 0.1) is 17.5 Å². The second-order valence-corrected chi connectivity index (χ2v) is 3.61. The van der Waals surface area contributed by atoms with Crippen molar-refractivity contribution in [2.45, 2.75) is 0 Å². The number of hydrogen-bond acceptors (Lipinski definition) is 3. The Morgan fingerprint density at radius 2 is 1.94 bits per heavy atom. The average Bonchev–Trinajstić information content (AvgIpc) is 2.33. The third-order valence-corrected chi connectivity index (χ3v) is 2.44. The molecule has 0 radical (unpaired) electrons. The molecule has 0 aliphatic rings. The highest BCUT2D eigenvalue weighted by atomic mass is 16.4. The standard InChI is InChI=1S/C12H10N2O3/c1-14-7-13-6-10(11(14)15)8-2-4-9(5-3-8)12(16)17/h2-7H,1H3,(H,16,17). The molecule has 1 N–H and O–H groups in total. The maximum atomic E-state index is 11.8. The maximum Gasteiger partial charge on any atom is 0.335 e. The van der Waals surface area contributed by atoms with Crippen LogP contribution >= 0.6 is 0 Å². The number of aryl methyl sites for hydroxylation is 1. The van der Waals surface area contributed by atoms with Crippen LogP contribution in [0.15, 0.2) is 41.6 Å². The van der Waals surface area contributed by atoms with E-state index >= 15 is 0 Å². The first-order valence-corrected chi connectivity index (χ1v) is 4.94. The fraction of sp³-hybridized carbons (Fsp3) is 0.0833. The number of aromatic carboxylic acids is 1. The number of carbonyl (C=O) groups is 1. The minimum absolute atomic E-state index is 0.164. The number of aromatic nitrogens is 2. The van der Waals surface area contributed by atoms with Crippen LogP contribution in [0.25, 0.3) is 11.1 Å². The SMILES string of the molecule is Cn1cncc(-c2ccc(C(=O)O)cc2)c1=O. The zero-order chi connectivity index (χ0) is 12.4. The Bertz CT molecular complexity index is 614. The van der Waals surface area contributed by atoms with E-state index in [1.807, 2.05) is 0 Å². The molecule has 0 aliphatic carbocycles. The molecule has 2 aromatic rings. The molecule has 0 aliphatic heterocycles. The average molecular weight is 230 g/mol. The maximum absolute atomic E-state index is 11.8. The Morgan fingerprint density at radius 1 is 1.29 bits per heavy atom. The van der Waals surface area contributed by atoms with E-state index < -0.39 is 5.97 Å². The summed E-state index contributed by atoms with van der Waals surface area (Å²) in [6.07, 6.45) is 2.90. The molecule has 0 fully saturated rings. The Morgan fingerprint density at radius 3 is 2.53 bits per heavy atom. The van der Waals surface area contributed by atoms with Gasteiger partial charge in [-0.05, 0) is 17.7 Å². The number of carboxylic acid groups (broad SMARTS) is 1. The fourth-order valence-electron chi connectivity index (χ4n) is 1.50. The molecule has 0 amide bonds. The van der Waals surface area contributed by atoms with Crippen LogP contribution < -0.4 is 5.56 Å². The number of rotatable bonds is 2. The Hall–Kier alpha value is -2.43. The molecule has 0 bridgehead atoms. The van der Waals surface area contributed by atoms with Crippen molar-refractivity contribution in [2.75, 3.05) is 0 Å². The highest BCUT2D eigenvalue weighted by Crippen LogP contribution is 2.14. The summed E-state index contributed by atoms with van der Waals surface area (Å²) in [5, 5.41) is 8.77. The molecule has 2 rings (SSSR count). The Kier molecular flexibility index (Phi) is 2.74. The molecular weight excluding hydrogens is 220 g/mol. The van der Waals surface area contributed by atoms with Crippen LogP contribution in [0.3, 0.4) is 0 Å². The summed E-state index contributed by atoms with van der Waals surface area (Å²) in [5.41, 5.74) is 1.13. The normalized spacial score (nSPS) is 10.2. The van der Waals surface area contributed by atoms with Gasteiger partial charge in [-0.15, -0.1) is 0 Å². The molecule has 5 nitrogen and oxygen atoms in total. The summed E-state index contributed by atoms with van der Waals surface area (Å²) in [7, 11) is 1.62. The lowest BCUT2D eigenvalue weighted by Crippen LogP contribution is -2.18. The topological polar surface area (TPSA) is 72.2 Å². The quantitative estimate of drug-likeness (QED) is 0.839. The van der Waals surface area contributed by atoms with Crippen molar-refractivity contribution in [1.29, 1.82) is 0 Å². The van der Waals surface area contributed by atoms with Crippen molar-refractivity contribution in [1.82, 2.24) is 9.55 Å². The Labute approximate surface area is 97.0 Å². The molecule has 0 saturated heterocycles. The van der Waals surface area contributed by atoms with Crippen molar-refractivity contribution < 1.29 is 9.90 Å². The van der Waals surface area contributed by atoms with Crippen molar-refractivity contribution in [3.8, 4) is 11.1 Å². The highest BCUT2D eigenvalue weighted by molar-refractivity contribution is 5.88. The predicted molar refractivity (Wildman–Crippen MR) is 61.9 cm³/mol.